The Morgan fingerprint density at radius 2 is 2.09 bits per heavy atom. The van der Waals surface area contributed by atoms with Crippen LogP contribution < -0.4 is 0 Å². The van der Waals surface area contributed by atoms with Crippen molar-refractivity contribution in [3.05, 3.63) is 0 Å². The van der Waals surface area contributed by atoms with Gasteiger partial charge in [-0.2, -0.15) is 0 Å². The fourth-order valence-electron chi connectivity index (χ4n) is 1.87. The summed E-state index contributed by atoms with van der Waals surface area (Å²) in [5, 5.41) is 0. The Bertz CT molecular complexity index is 156. The second kappa shape index (κ2) is 3.53. The van der Waals surface area contributed by atoms with Crippen LogP contribution in [0.5, 0.6) is 0 Å². The van der Waals surface area contributed by atoms with Gasteiger partial charge in [-0.25, -0.2) is 0 Å². The first-order valence-electron chi connectivity index (χ1n) is 4.52. The molecule has 1 rings (SSSR count). The summed E-state index contributed by atoms with van der Waals surface area (Å²) in [6.07, 6.45) is 2.45. The molecule has 1 fully saturated rings. The lowest BCUT2D eigenvalue weighted by molar-refractivity contribution is 0.189. The van der Waals surface area contributed by atoms with Crippen molar-refractivity contribution in [1.29, 1.82) is 0 Å². The molecular formula is C9H17NS. The number of likely N-dealkylation sites (tertiary alicyclic amines) is 1. The number of hydrogen-bond acceptors (Lipinski definition) is 1. The average Bonchev–Trinajstić information content (AvgIpc) is 2.04. The highest BCUT2D eigenvalue weighted by atomic mass is 32.1. The highest BCUT2D eigenvalue weighted by Gasteiger charge is 2.37. The minimum absolute atomic E-state index is 0.654. The molecule has 0 aromatic heterocycles. The number of nitrogens with zero attached hydrogens (tertiary/aromatic N) is 1. The molecule has 1 aliphatic rings. The summed E-state index contributed by atoms with van der Waals surface area (Å²) in [6.45, 7) is 7.84. The molecule has 0 aromatic carbocycles. The fourth-order valence-corrected chi connectivity index (χ4v) is 2.25. The summed E-state index contributed by atoms with van der Waals surface area (Å²) in [6, 6.07) is 0.738. The molecule has 1 heterocycles. The third-order valence-corrected chi connectivity index (χ3v) is 3.14. The molecule has 2 atom stereocenters. The lowest BCUT2D eigenvalue weighted by atomic mass is 9.88. The van der Waals surface area contributed by atoms with Gasteiger partial charge in [0, 0.05) is 18.5 Å². The Morgan fingerprint density at radius 3 is 2.55 bits per heavy atom. The maximum absolute atomic E-state index is 5.26. The Labute approximate surface area is 74.8 Å². The van der Waals surface area contributed by atoms with Crippen molar-refractivity contribution in [2.75, 3.05) is 6.54 Å². The molecule has 0 amide bonds. The van der Waals surface area contributed by atoms with Crippen molar-refractivity contribution in [2.24, 2.45) is 5.92 Å². The van der Waals surface area contributed by atoms with E-state index in [1.165, 1.54) is 17.8 Å². The van der Waals surface area contributed by atoms with E-state index in [0.29, 0.717) is 5.92 Å². The van der Waals surface area contributed by atoms with E-state index >= 15 is 0 Å². The maximum atomic E-state index is 5.26. The van der Waals surface area contributed by atoms with Gasteiger partial charge in [0.05, 0.1) is 4.99 Å². The lowest BCUT2D eigenvalue weighted by Gasteiger charge is -2.48. The summed E-state index contributed by atoms with van der Waals surface area (Å²) >= 11 is 5.26. The van der Waals surface area contributed by atoms with Gasteiger partial charge >= 0.3 is 0 Å². The molecule has 0 saturated carbocycles. The third-order valence-electron chi connectivity index (χ3n) is 2.53. The van der Waals surface area contributed by atoms with Crippen LogP contribution >= 0.6 is 12.2 Å². The smallest absolute Gasteiger partial charge is 0.0831 e. The predicted octanol–water partition coefficient (Wildman–Crippen LogP) is 2.45. The van der Waals surface area contributed by atoms with E-state index in [-0.39, 0.29) is 0 Å². The first kappa shape index (κ1) is 8.98. The second-order valence-corrected chi connectivity index (χ2v) is 3.71. The summed E-state index contributed by atoms with van der Waals surface area (Å²) in [5.74, 6) is 0.654. The molecule has 64 valence electrons. The zero-order valence-corrected chi connectivity index (χ0v) is 8.45. The second-order valence-electron chi connectivity index (χ2n) is 3.30. The van der Waals surface area contributed by atoms with Gasteiger partial charge in [0.1, 0.15) is 0 Å². The van der Waals surface area contributed by atoms with E-state index in [9.17, 15) is 0 Å². The monoisotopic (exact) mass is 171 g/mol. The van der Waals surface area contributed by atoms with Crippen LogP contribution in [0.2, 0.25) is 0 Å². The lowest BCUT2D eigenvalue weighted by Crippen LogP contribution is -2.58. The van der Waals surface area contributed by atoms with Gasteiger partial charge in [-0.1, -0.05) is 33.0 Å². The molecular weight excluding hydrogens is 154 g/mol. The quantitative estimate of drug-likeness (QED) is 0.600. The Kier molecular flexibility index (Phi) is 2.88. The van der Waals surface area contributed by atoms with Crippen LogP contribution in [0.25, 0.3) is 0 Å². The largest absolute Gasteiger partial charge is 0.362 e. The van der Waals surface area contributed by atoms with E-state index in [4.69, 9.17) is 12.2 Å². The summed E-state index contributed by atoms with van der Waals surface area (Å²) in [7, 11) is 0. The minimum atomic E-state index is 0.654. The molecule has 0 N–H and O–H groups in total. The molecule has 1 aliphatic heterocycles. The molecule has 2 unspecified atom stereocenters. The predicted molar refractivity (Wildman–Crippen MR) is 52.8 cm³/mol. The van der Waals surface area contributed by atoms with E-state index in [1.807, 2.05) is 0 Å². The maximum Gasteiger partial charge on any atom is 0.0831 e. The molecule has 1 nitrogen and oxygen atoms in total. The Hall–Kier alpha value is -0.110. The summed E-state index contributed by atoms with van der Waals surface area (Å²) < 4.78 is 0. The number of thiocarbonyl (C=S) groups is 1. The molecule has 0 bridgehead atoms. The molecule has 11 heavy (non-hydrogen) atoms. The van der Waals surface area contributed by atoms with Gasteiger partial charge in [-0.05, 0) is 12.8 Å². The number of rotatable bonds is 3. The Balaban J connectivity index is 2.46. The van der Waals surface area contributed by atoms with Crippen LogP contribution in [-0.2, 0) is 0 Å². The Morgan fingerprint density at radius 1 is 1.45 bits per heavy atom. The van der Waals surface area contributed by atoms with Crippen LogP contribution in [0.4, 0.5) is 0 Å². The molecule has 2 heteroatoms. The molecule has 0 spiro atoms. The van der Waals surface area contributed by atoms with E-state index in [1.54, 1.807) is 0 Å². The normalized spacial score (nSPS) is 30.5. The highest BCUT2D eigenvalue weighted by Crippen LogP contribution is 2.29. The van der Waals surface area contributed by atoms with Gasteiger partial charge in [0.15, 0.2) is 0 Å². The van der Waals surface area contributed by atoms with Crippen LogP contribution in [0, 0.1) is 5.92 Å². The zero-order valence-electron chi connectivity index (χ0n) is 7.63. The van der Waals surface area contributed by atoms with Gasteiger partial charge in [0.2, 0.25) is 0 Å². The van der Waals surface area contributed by atoms with E-state index in [0.717, 1.165) is 12.6 Å². The average molecular weight is 171 g/mol. The van der Waals surface area contributed by atoms with Crippen LogP contribution in [0.15, 0.2) is 0 Å². The zero-order chi connectivity index (χ0) is 8.43. The van der Waals surface area contributed by atoms with Crippen LogP contribution in [0.1, 0.15) is 33.6 Å². The topological polar surface area (TPSA) is 3.24 Å². The highest BCUT2D eigenvalue weighted by molar-refractivity contribution is 7.80. The van der Waals surface area contributed by atoms with Gasteiger partial charge in [0.25, 0.3) is 0 Å². The van der Waals surface area contributed by atoms with Crippen molar-refractivity contribution in [3.63, 3.8) is 0 Å². The van der Waals surface area contributed by atoms with E-state index in [2.05, 4.69) is 25.7 Å². The van der Waals surface area contributed by atoms with Gasteiger partial charge in [-0.15, -0.1) is 0 Å². The SMILES string of the molecule is CCCN1C(=S)C(C)C1CC. The summed E-state index contributed by atoms with van der Waals surface area (Å²) in [4.78, 5) is 3.55. The van der Waals surface area contributed by atoms with Crippen molar-refractivity contribution in [3.8, 4) is 0 Å². The van der Waals surface area contributed by atoms with Crippen molar-refractivity contribution in [2.45, 2.75) is 39.7 Å². The molecule has 1 saturated heterocycles. The van der Waals surface area contributed by atoms with Crippen molar-refractivity contribution >= 4 is 17.2 Å². The first-order valence-corrected chi connectivity index (χ1v) is 4.93. The summed E-state index contributed by atoms with van der Waals surface area (Å²) in [5.41, 5.74) is 0. The van der Waals surface area contributed by atoms with Crippen LogP contribution in [-0.4, -0.2) is 22.5 Å². The first-order chi connectivity index (χ1) is 5.22. The third kappa shape index (κ3) is 1.41. The van der Waals surface area contributed by atoms with Crippen molar-refractivity contribution in [1.82, 2.24) is 4.90 Å². The van der Waals surface area contributed by atoms with Gasteiger partial charge < -0.3 is 4.90 Å². The number of hydrogen-bond donors (Lipinski definition) is 0. The standard InChI is InChI=1S/C9H17NS/c1-4-6-10-8(5-2)7(3)9(10)11/h7-8H,4-6H2,1-3H3. The van der Waals surface area contributed by atoms with Crippen LogP contribution in [0.3, 0.4) is 0 Å². The van der Waals surface area contributed by atoms with Gasteiger partial charge in [-0.3, -0.25) is 0 Å². The molecule has 0 radical (unpaired) electrons. The van der Waals surface area contributed by atoms with Crippen molar-refractivity contribution < 1.29 is 0 Å². The molecule has 0 aliphatic carbocycles. The fraction of sp³-hybridized carbons (Fsp3) is 0.889. The molecule has 0 aromatic rings. The minimum Gasteiger partial charge on any atom is -0.362 e. The van der Waals surface area contributed by atoms with E-state index < -0.39 is 0 Å².